The molecule has 2 aliphatic rings. The Morgan fingerprint density at radius 3 is 2.31 bits per heavy atom. The Labute approximate surface area is 239 Å². The summed E-state index contributed by atoms with van der Waals surface area (Å²) in [6.45, 7) is 0.917. The number of carbonyl (C=O) groups excluding carboxylic acids is 1. The van der Waals surface area contributed by atoms with Gasteiger partial charge in [-0.25, -0.2) is 8.42 Å². The molecule has 0 saturated carbocycles. The van der Waals surface area contributed by atoms with Gasteiger partial charge in [0.05, 0.1) is 33.2 Å². The normalized spacial score (nSPS) is 19.5. The summed E-state index contributed by atoms with van der Waals surface area (Å²) in [5.74, 6) is -0.180. The highest BCUT2D eigenvalue weighted by atomic mass is 35.5. The Bertz CT molecular complexity index is 1440. The molecule has 1 amide bonds. The number of rotatable bonds is 7. The quantitative estimate of drug-likeness (QED) is 0.434. The minimum atomic E-state index is -3.92. The van der Waals surface area contributed by atoms with Gasteiger partial charge in [0.25, 0.3) is 0 Å². The summed E-state index contributed by atoms with van der Waals surface area (Å²) >= 11 is 12.1. The molecule has 10 heteroatoms. The summed E-state index contributed by atoms with van der Waals surface area (Å²) in [5.41, 5.74) is 1.88. The number of ether oxygens (including phenoxy) is 1. The van der Waals surface area contributed by atoms with E-state index in [9.17, 15) is 18.3 Å². The molecule has 0 spiro atoms. The van der Waals surface area contributed by atoms with Crippen LogP contribution in [0.25, 0.3) is 0 Å². The molecule has 7 nitrogen and oxygen atoms in total. The molecule has 0 aromatic heterocycles. The second kappa shape index (κ2) is 11.6. The van der Waals surface area contributed by atoms with E-state index in [1.165, 1.54) is 22.5 Å². The van der Waals surface area contributed by atoms with Crippen LogP contribution >= 0.6 is 23.2 Å². The highest BCUT2D eigenvalue weighted by molar-refractivity contribution is 7.89. The number of hydrogen-bond acceptors (Lipinski definition) is 5. The fourth-order valence-corrected chi connectivity index (χ4v) is 7.27. The first-order valence-electron chi connectivity index (χ1n) is 12.8. The van der Waals surface area contributed by atoms with E-state index in [-0.39, 0.29) is 40.6 Å². The first kappa shape index (κ1) is 28.1. The molecule has 1 atom stereocenters. The van der Waals surface area contributed by atoms with Crippen LogP contribution in [0.1, 0.15) is 29.5 Å². The Hall–Kier alpha value is -2.46. The molecule has 1 unspecified atom stereocenters. The van der Waals surface area contributed by atoms with E-state index in [2.05, 4.69) is 0 Å². The van der Waals surface area contributed by atoms with Crippen LogP contribution in [0.4, 0.5) is 0 Å². The number of halogens is 2. The molecule has 2 aliphatic heterocycles. The largest absolute Gasteiger partial charge is 0.385 e. The number of aliphatic hydroxyl groups is 1. The monoisotopic (exact) mass is 588 g/mol. The molecule has 3 aromatic rings. The minimum Gasteiger partial charge on any atom is -0.385 e. The van der Waals surface area contributed by atoms with Crippen molar-refractivity contribution in [3.05, 3.63) is 99.5 Å². The first-order chi connectivity index (χ1) is 18.7. The number of likely N-dealkylation sites (tertiary alicyclic amines) is 1. The second-order valence-corrected chi connectivity index (χ2v) is 12.8. The van der Waals surface area contributed by atoms with Gasteiger partial charge in [-0.15, -0.1) is 0 Å². The molecule has 206 valence electrons. The molecular formula is C29H30Cl2N2O5S. The Morgan fingerprint density at radius 2 is 1.62 bits per heavy atom. The van der Waals surface area contributed by atoms with Crippen LogP contribution in [-0.2, 0) is 38.1 Å². The fraction of sp³-hybridized carbons (Fsp3) is 0.345. The number of hydrogen-bond donors (Lipinski definition) is 1. The van der Waals surface area contributed by atoms with Gasteiger partial charge < -0.3 is 14.7 Å². The predicted molar refractivity (Wildman–Crippen MR) is 150 cm³/mol. The maximum atomic E-state index is 13.7. The summed E-state index contributed by atoms with van der Waals surface area (Å²) in [7, 11) is -3.92. The molecule has 39 heavy (non-hydrogen) atoms. The van der Waals surface area contributed by atoms with Gasteiger partial charge in [0.2, 0.25) is 15.9 Å². The molecule has 3 aromatic carbocycles. The van der Waals surface area contributed by atoms with Gasteiger partial charge in [0.1, 0.15) is 6.61 Å². The molecule has 1 N–H and O–H groups in total. The maximum absolute atomic E-state index is 13.7. The standard InChI is InChI=1S/C29H30Cl2N2O5S/c30-26-11-10-25(17-27(26)31)39(36,37)33-18-22-7-5-4-6-21(22)16-24(33)19-38-20-28(34)32-14-12-29(35,13-15-32)23-8-2-1-3-9-23/h1-11,17,24,35H,12-16,18-20H2. The van der Waals surface area contributed by atoms with Gasteiger partial charge in [-0.3, -0.25) is 4.79 Å². The van der Waals surface area contributed by atoms with Crippen molar-refractivity contribution in [1.82, 2.24) is 9.21 Å². The van der Waals surface area contributed by atoms with E-state index in [4.69, 9.17) is 27.9 Å². The highest BCUT2D eigenvalue weighted by Crippen LogP contribution is 2.34. The van der Waals surface area contributed by atoms with E-state index in [0.717, 1.165) is 16.7 Å². The number of nitrogens with zero attached hydrogens (tertiary/aromatic N) is 2. The van der Waals surface area contributed by atoms with Crippen molar-refractivity contribution in [2.24, 2.45) is 0 Å². The van der Waals surface area contributed by atoms with E-state index < -0.39 is 21.7 Å². The lowest BCUT2D eigenvalue weighted by molar-refractivity contribution is -0.141. The first-order valence-corrected chi connectivity index (χ1v) is 15.0. The maximum Gasteiger partial charge on any atom is 0.248 e. The molecule has 0 bridgehead atoms. The number of carbonyl (C=O) groups is 1. The number of benzene rings is 3. The van der Waals surface area contributed by atoms with Gasteiger partial charge in [-0.05, 0) is 54.2 Å². The van der Waals surface area contributed by atoms with Crippen LogP contribution in [-0.4, -0.2) is 61.0 Å². The molecule has 0 radical (unpaired) electrons. The number of piperidine rings is 1. The minimum absolute atomic E-state index is 0.0524. The van der Waals surface area contributed by atoms with Crippen molar-refractivity contribution < 1.29 is 23.1 Å². The SMILES string of the molecule is O=C(COCC1Cc2ccccc2CN1S(=O)(=O)c1ccc(Cl)c(Cl)c1)N1CCC(O)(c2ccccc2)CC1. The van der Waals surface area contributed by atoms with Crippen molar-refractivity contribution in [3.63, 3.8) is 0 Å². The summed E-state index contributed by atoms with van der Waals surface area (Å²) < 4.78 is 34.6. The van der Waals surface area contributed by atoms with Gasteiger partial charge in [-0.2, -0.15) is 4.31 Å². The summed E-state index contributed by atoms with van der Waals surface area (Å²) in [4.78, 5) is 14.7. The third kappa shape index (κ3) is 6.01. The lowest BCUT2D eigenvalue weighted by Crippen LogP contribution is -2.48. The molecular weight excluding hydrogens is 559 g/mol. The fourth-order valence-electron chi connectivity index (χ4n) is 5.30. The van der Waals surface area contributed by atoms with Crippen LogP contribution in [0, 0.1) is 0 Å². The van der Waals surface area contributed by atoms with Crippen LogP contribution in [0.2, 0.25) is 10.0 Å². The molecule has 1 saturated heterocycles. The zero-order valence-corrected chi connectivity index (χ0v) is 23.6. The summed E-state index contributed by atoms with van der Waals surface area (Å²) in [6.07, 6.45) is 1.34. The van der Waals surface area contributed by atoms with Crippen LogP contribution in [0.3, 0.4) is 0 Å². The molecule has 2 heterocycles. The van der Waals surface area contributed by atoms with Crippen molar-refractivity contribution in [2.45, 2.75) is 42.3 Å². The lowest BCUT2D eigenvalue weighted by Gasteiger charge is -2.39. The van der Waals surface area contributed by atoms with Crippen LogP contribution in [0.15, 0.2) is 77.7 Å². The number of amides is 1. The topological polar surface area (TPSA) is 87.2 Å². The average Bonchev–Trinajstić information content (AvgIpc) is 2.94. The van der Waals surface area contributed by atoms with Gasteiger partial charge in [0.15, 0.2) is 0 Å². The zero-order valence-electron chi connectivity index (χ0n) is 21.3. The Balaban J connectivity index is 1.24. The zero-order chi connectivity index (χ0) is 27.6. The second-order valence-electron chi connectivity index (χ2n) is 10.0. The van der Waals surface area contributed by atoms with Crippen molar-refractivity contribution in [3.8, 4) is 0 Å². The van der Waals surface area contributed by atoms with Crippen LogP contribution < -0.4 is 0 Å². The van der Waals surface area contributed by atoms with Gasteiger partial charge in [0, 0.05) is 19.6 Å². The van der Waals surface area contributed by atoms with Gasteiger partial charge >= 0.3 is 0 Å². The number of fused-ring (bicyclic) bond motifs is 1. The van der Waals surface area contributed by atoms with Crippen molar-refractivity contribution in [2.75, 3.05) is 26.3 Å². The van der Waals surface area contributed by atoms with Crippen molar-refractivity contribution >= 4 is 39.1 Å². The summed E-state index contributed by atoms with van der Waals surface area (Å²) in [6, 6.07) is 21.0. The predicted octanol–water partition coefficient (Wildman–Crippen LogP) is 4.64. The highest BCUT2D eigenvalue weighted by Gasteiger charge is 2.37. The van der Waals surface area contributed by atoms with E-state index in [1.54, 1.807) is 4.90 Å². The Kier molecular flexibility index (Phi) is 8.33. The molecule has 5 rings (SSSR count). The Morgan fingerprint density at radius 1 is 0.949 bits per heavy atom. The summed E-state index contributed by atoms with van der Waals surface area (Å²) in [5, 5.41) is 11.5. The smallest absolute Gasteiger partial charge is 0.248 e. The van der Waals surface area contributed by atoms with E-state index in [1.807, 2.05) is 54.6 Å². The van der Waals surface area contributed by atoms with Crippen LogP contribution in [0.5, 0.6) is 0 Å². The van der Waals surface area contributed by atoms with Gasteiger partial charge in [-0.1, -0.05) is 77.8 Å². The third-order valence-corrected chi connectivity index (χ3v) is 10.2. The molecule has 1 fully saturated rings. The average molecular weight is 590 g/mol. The van der Waals surface area contributed by atoms with E-state index in [0.29, 0.717) is 32.4 Å². The lowest BCUT2D eigenvalue weighted by atomic mass is 9.84. The third-order valence-electron chi connectivity index (χ3n) is 7.60. The molecule has 0 aliphatic carbocycles. The number of sulfonamides is 1. The van der Waals surface area contributed by atoms with Crippen molar-refractivity contribution in [1.29, 1.82) is 0 Å². The van der Waals surface area contributed by atoms with E-state index >= 15 is 0 Å².